The number of halogens is 1. The smallest absolute Gasteiger partial charge is 0.260 e. The topological polar surface area (TPSA) is 97.1 Å². The molecule has 0 aromatic carbocycles. The van der Waals surface area contributed by atoms with E-state index in [-0.39, 0.29) is 16.2 Å². The summed E-state index contributed by atoms with van der Waals surface area (Å²) in [6.07, 6.45) is -0.750. The number of nitrogens with zero attached hydrogens (tertiary/aromatic N) is 3. The van der Waals surface area contributed by atoms with Gasteiger partial charge in [0.1, 0.15) is 0 Å². The highest BCUT2D eigenvalue weighted by atomic mass is 79.9. The number of aliphatic hydroxyl groups excluding tert-OH is 1. The Kier molecular flexibility index (Phi) is 3.82. The van der Waals surface area contributed by atoms with Crippen molar-refractivity contribution >= 4 is 26.0 Å². The van der Waals surface area contributed by atoms with Gasteiger partial charge in [0.05, 0.1) is 6.10 Å². The van der Waals surface area contributed by atoms with E-state index in [4.69, 9.17) is 5.11 Å². The van der Waals surface area contributed by atoms with Gasteiger partial charge in [-0.15, -0.1) is 5.10 Å². The second-order valence-electron chi connectivity index (χ2n) is 3.01. The highest BCUT2D eigenvalue weighted by Crippen LogP contribution is 2.17. The van der Waals surface area contributed by atoms with Crippen molar-refractivity contribution in [1.82, 2.24) is 19.7 Å². The second kappa shape index (κ2) is 4.56. The summed E-state index contributed by atoms with van der Waals surface area (Å²) in [5.41, 5.74) is 0. The van der Waals surface area contributed by atoms with Gasteiger partial charge >= 0.3 is 0 Å². The van der Waals surface area contributed by atoms with Crippen LogP contribution in [0.5, 0.6) is 0 Å². The molecule has 0 fully saturated rings. The lowest BCUT2D eigenvalue weighted by atomic mass is 10.4. The number of nitrogens with one attached hydrogen (secondary N) is 1. The van der Waals surface area contributed by atoms with Crippen molar-refractivity contribution in [1.29, 1.82) is 0 Å². The lowest BCUT2D eigenvalue weighted by molar-refractivity contribution is 0.198. The van der Waals surface area contributed by atoms with Crippen molar-refractivity contribution in [2.24, 2.45) is 7.05 Å². The van der Waals surface area contributed by atoms with Gasteiger partial charge in [0.15, 0.2) is 4.60 Å². The van der Waals surface area contributed by atoms with Crippen molar-refractivity contribution in [2.75, 3.05) is 6.54 Å². The van der Waals surface area contributed by atoms with Gasteiger partial charge in [-0.1, -0.05) is 5.21 Å². The van der Waals surface area contributed by atoms with Gasteiger partial charge in [-0.2, -0.15) is 0 Å². The molecule has 7 nitrogen and oxygen atoms in total. The summed E-state index contributed by atoms with van der Waals surface area (Å²) in [7, 11) is -2.23. The number of rotatable bonds is 4. The summed E-state index contributed by atoms with van der Waals surface area (Å²) < 4.78 is 26.9. The van der Waals surface area contributed by atoms with Crippen LogP contribution in [0, 0.1) is 0 Å². The van der Waals surface area contributed by atoms with Crippen molar-refractivity contribution in [3.05, 3.63) is 4.60 Å². The number of aliphatic hydroxyl groups is 1. The molecule has 0 radical (unpaired) electrons. The van der Waals surface area contributed by atoms with Crippen LogP contribution in [0.15, 0.2) is 9.63 Å². The monoisotopic (exact) mass is 298 g/mol. The van der Waals surface area contributed by atoms with Gasteiger partial charge in [-0.3, -0.25) is 0 Å². The first kappa shape index (κ1) is 12.6. The molecule has 0 saturated carbocycles. The fraction of sp³-hybridized carbons (Fsp3) is 0.667. The van der Waals surface area contributed by atoms with Crippen molar-refractivity contribution in [2.45, 2.75) is 18.1 Å². The Balaban J connectivity index is 2.96. The summed E-state index contributed by atoms with van der Waals surface area (Å²) in [6, 6.07) is 0. The number of hydrogen-bond donors (Lipinski definition) is 2. The molecule has 15 heavy (non-hydrogen) atoms. The van der Waals surface area contributed by atoms with E-state index in [1.54, 1.807) is 0 Å². The highest BCUT2D eigenvalue weighted by Gasteiger charge is 2.23. The first-order chi connectivity index (χ1) is 6.84. The van der Waals surface area contributed by atoms with Crippen LogP contribution in [-0.4, -0.2) is 41.2 Å². The lowest BCUT2D eigenvalue weighted by Gasteiger charge is -2.07. The summed E-state index contributed by atoms with van der Waals surface area (Å²) in [5, 5.41) is 16.0. The Hall–Kier alpha value is -0.510. The maximum absolute atomic E-state index is 11.7. The summed E-state index contributed by atoms with van der Waals surface area (Å²) >= 11 is 2.98. The zero-order valence-electron chi connectivity index (χ0n) is 8.18. The Morgan fingerprint density at radius 2 is 2.27 bits per heavy atom. The van der Waals surface area contributed by atoms with E-state index >= 15 is 0 Å². The molecule has 0 aliphatic carbocycles. The van der Waals surface area contributed by atoms with E-state index in [1.165, 1.54) is 14.0 Å². The third kappa shape index (κ3) is 2.97. The van der Waals surface area contributed by atoms with E-state index in [9.17, 15) is 8.42 Å². The van der Waals surface area contributed by atoms with Crippen LogP contribution in [0.4, 0.5) is 0 Å². The average Bonchev–Trinajstić information content (AvgIpc) is 2.43. The molecule has 0 bridgehead atoms. The van der Waals surface area contributed by atoms with Crippen molar-refractivity contribution in [3.8, 4) is 0 Å². The maximum Gasteiger partial charge on any atom is 0.260 e. The molecular weight excluding hydrogens is 288 g/mol. The van der Waals surface area contributed by atoms with Crippen LogP contribution in [0.2, 0.25) is 0 Å². The Morgan fingerprint density at radius 1 is 1.67 bits per heavy atom. The molecule has 1 atom stereocenters. The van der Waals surface area contributed by atoms with Crippen molar-refractivity contribution in [3.63, 3.8) is 0 Å². The van der Waals surface area contributed by atoms with Gasteiger partial charge in [0.25, 0.3) is 10.0 Å². The minimum Gasteiger partial charge on any atom is -0.392 e. The maximum atomic E-state index is 11.7. The Bertz CT molecular complexity index is 422. The largest absolute Gasteiger partial charge is 0.392 e. The molecule has 2 N–H and O–H groups in total. The number of hydrogen-bond acceptors (Lipinski definition) is 5. The van der Waals surface area contributed by atoms with Crippen molar-refractivity contribution < 1.29 is 13.5 Å². The number of aromatic nitrogens is 3. The van der Waals surface area contributed by atoms with Gasteiger partial charge in [0.2, 0.25) is 5.03 Å². The molecule has 0 saturated heterocycles. The second-order valence-corrected chi connectivity index (χ2v) is 5.44. The zero-order valence-corrected chi connectivity index (χ0v) is 10.6. The third-order valence-corrected chi connectivity index (χ3v) is 3.87. The molecule has 0 amide bonds. The minimum absolute atomic E-state index is 0.0556. The summed E-state index contributed by atoms with van der Waals surface area (Å²) in [4.78, 5) is 0. The number of aryl methyl sites for hydroxylation is 1. The van der Waals surface area contributed by atoms with Gasteiger partial charge in [-0.25, -0.2) is 17.8 Å². The van der Waals surface area contributed by atoms with E-state index in [0.29, 0.717) is 0 Å². The molecule has 0 aliphatic rings. The molecule has 0 unspecified atom stereocenters. The zero-order chi connectivity index (χ0) is 11.6. The van der Waals surface area contributed by atoms with Crippen LogP contribution in [0.3, 0.4) is 0 Å². The van der Waals surface area contributed by atoms with Gasteiger partial charge in [-0.05, 0) is 22.9 Å². The molecule has 1 aromatic rings. The predicted octanol–water partition coefficient (Wildman–Crippen LogP) is -0.763. The molecule has 0 spiro atoms. The van der Waals surface area contributed by atoms with Crippen LogP contribution < -0.4 is 4.72 Å². The normalized spacial score (nSPS) is 14.1. The highest BCUT2D eigenvalue weighted by molar-refractivity contribution is 9.10. The van der Waals surface area contributed by atoms with Crippen LogP contribution >= 0.6 is 15.9 Å². The quantitative estimate of drug-likeness (QED) is 0.761. The third-order valence-electron chi connectivity index (χ3n) is 1.56. The molecule has 86 valence electrons. The minimum atomic E-state index is -3.69. The SMILES string of the molecule is C[C@H](O)CNS(=O)(=O)c1c(Br)nnn1C. The molecule has 9 heteroatoms. The fourth-order valence-corrected chi connectivity index (χ4v) is 3.12. The van der Waals surface area contributed by atoms with E-state index < -0.39 is 16.1 Å². The first-order valence-corrected chi connectivity index (χ1v) is 6.35. The standard InChI is InChI=1S/C6H11BrN4O3S/c1-4(12)3-8-15(13,14)6-5(7)9-10-11(6)2/h4,8,12H,3H2,1-2H3/t4-/m0/s1. The summed E-state index contributed by atoms with van der Waals surface area (Å²) in [6.45, 7) is 1.43. The van der Waals surface area contributed by atoms with Gasteiger partial charge < -0.3 is 5.11 Å². The Morgan fingerprint density at radius 3 is 2.67 bits per heavy atom. The summed E-state index contributed by atoms with van der Waals surface area (Å²) in [5.74, 6) is 0. The van der Waals surface area contributed by atoms with E-state index in [2.05, 4.69) is 31.0 Å². The van der Waals surface area contributed by atoms with E-state index in [0.717, 1.165) is 4.68 Å². The average molecular weight is 299 g/mol. The molecular formula is C6H11BrN4O3S. The van der Waals surface area contributed by atoms with Crippen LogP contribution in [-0.2, 0) is 17.1 Å². The molecule has 1 heterocycles. The van der Waals surface area contributed by atoms with Gasteiger partial charge in [0, 0.05) is 13.6 Å². The fourth-order valence-electron chi connectivity index (χ4n) is 0.907. The van der Waals surface area contributed by atoms with Crippen LogP contribution in [0.25, 0.3) is 0 Å². The lowest BCUT2D eigenvalue weighted by Crippen LogP contribution is -2.32. The molecule has 1 rings (SSSR count). The van der Waals surface area contributed by atoms with E-state index in [1.807, 2.05) is 0 Å². The Labute approximate surface area is 95.7 Å². The first-order valence-electron chi connectivity index (χ1n) is 4.07. The molecule has 0 aliphatic heterocycles. The van der Waals surface area contributed by atoms with Crippen LogP contribution in [0.1, 0.15) is 6.92 Å². The molecule has 1 aromatic heterocycles. The number of sulfonamides is 1. The predicted molar refractivity (Wildman–Crippen MR) is 55.6 cm³/mol.